The minimum absolute atomic E-state index is 0.353. The summed E-state index contributed by atoms with van der Waals surface area (Å²) < 4.78 is 18.1. The molecule has 1 aromatic carbocycles. The van der Waals surface area contributed by atoms with Gasteiger partial charge in [0, 0.05) is 18.3 Å². The Morgan fingerprint density at radius 1 is 1.40 bits per heavy atom. The molecule has 9 heteroatoms. The third-order valence-corrected chi connectivity index (χ3v) is 2.17. The molecule has 0 spiro atoms. The number of hydrogen-bond donors (Lipinski definition) is 1. The van der Waals surface area contributed by atoms with Crippen molar-refractivity contribution < 1.29 is 24.0 Å². The van der Waals surface area contributed by atoms with E-state index in [4.69, 9.17) is 9.84 Å². The number of nitro groups is 1. The summed E-state index contributed by atoms with van der Waals surface area (Å²) in [4.78, 5) is 27.8. The summed E-state index contributed by atoms with van der Waals surface area (Å²) in [6, 6.07) is 3.30. The highest BCUT2D eigenvalue weighted by molar-refractivity contribution is 5.85. The maximum absolute atomic E-state index is 13.1. The van der Waals surface area contributed by atoms with E-state index in [0.29, 0.717) is 0 Å². The predicted molar refractivity (Wildman–Crippen MR) is 62.1 cm³/mol. The Labute approximate surface area is 110 Å². The fourth-order valence-electron chi connectivity index (χ4n) is 1.33. The Morgan fingerprint density at radius 2 is 2.15 bits per heavy atom. The van der Waals surface area contributed by atoms with Gasteiger partial charge in [-0.15, -0.1) is 0 Å². The first kappa shape index (κ1) is 13.3. The van der Waals surface area contributed by atoms with Crippen LogP contribution in [0.25, 0.3) is 0 Å². The summed E-state index contributed by atoms with van der Waals surface area (Å²) in [7, 11) is 0. The summed E-state index contributed by atoms with van der Waals surface area (Å²) in [5.41, 5.74) is -0.843. The molecule has 1 N–H and O–H groups in total. The van der Waals surface area contributed by atoms with Crippen LogP contribution in [-0.4, -0.2) is 26.0 Å². The van der Waals surface area contributed by atoms with Crippen molar-refractivity contribution in [3.8, 4) is 11.8 Å². The Balaban J connectivity index is 2.39. The minimum atomic E-state index is -1.31. The molecule has 0 aliphatic carbocycles. The van der Waals surface area contributed by atoms with Crippen LogP contribution in [0.1, 0.15) is 10.5 Å². The monoisotopic (exact) mass is 279 g/mol. The van der Waals surface area contributed by atoms with Crippen LogP contribution in [0.15, 0.2) is 30.5 Å². The SMILES string of the molecule is O=C(O)c1ccnc(Oc2cc(F)ccc2[N+](=O)[O-])n1. The van der Waals surface area contributed by atoms with Crippen molar-refractivity contribution >= 4 is 11.7 Å². The van der Waals surface area contributed by atoms with Gasteiger partial charge in [-0.25, -0.2) is 14.2 Å². The highest BCUT2D eigenvalue weighted by Gasteiger charge is 2.18. The van der Waals surface area contributed by atoms with Crippen LogP contribution in [-0.2, 0) is 0 Å². The van der Waals surface area contributed by atoms with Gasteiger partial charge < -0.3 is 9.84 Å². The summed E-state index contributed by atoms with van der Waals surface area (Å²) >= 11 is 0. The van der Waals surface area contributed by atoms with Gasteiger partial charge in [0.05, 0.1) is 4.92 Å². The fraction of sp³-hybridized carbons (Fsp3) is 0. The van der Waals surface area contributed by atoms with Crippen LogP contribution in [0.2, 0.25) is 0 Å². The normalized spacial score (nSPS) is 10.1. The van der Waals surface area contributed by atoms with E-state index >= 15 is 0 Å². The van der Waals surface area contributed by atoms with Crippen molar-refractivity contribution in [2.24, 2.45) is 0 Å². The second kappa shape index (κ2) is 5.26. The molecular weight excluding hydrogens is 273 g/mol. The molecule has 20 heavy (non-hydrogen) atoms. The molecule has 0 saturated heterocycles. The van der Waals surface area contributed by atoms with Gasteiger partial charge in [0.25, 0.3) is 0 Å². The van der Waals surface area contributed by atoms with E-state index < -0.39 is 34.2 Å². The van der Waals surface area contributed by atoms with E-state index in [1.807, 2.05) is 0 Å². The van der Waals surface area contributed by atoms with Gasteiger partial charge in [-0.1, -0.05) is 0 Å². The molecule has 2 rings (SSSR count). The Morgan fingerprint density at radius 3 is 2.80 bits per heavy atom. The lowest BCUT2D eigenvalue weighted by Gasteiger charge is -2.04. The molecule has 0 aliphatic rings. The minimum Gasteiger partial charge on any atom is -0.477 e. The number of ether oxygens (including phenoxy) is 1. The molecule has 0 aliphatic heterocycles. The van der Waals surface area contributed by atoms with Gasteiger partial charge >= 0.3 is 17.7 Å². The molecule has 1 aromatic heterocycles. The smallest absolute Gasteiger partial charge is 0.354 e. The third-order valence-electron chi connectivity index (χ3n) is 2.17. The number of aromatic carboxylic acids is 1. The van der Waals surface area contributed by atoms with Gasteiger partial charge in [-0.3, -0.25) is 10.1 Å². The van der Waals surface area contributed by atoms with Gasteiger partial charge in [-0.05, 0) is 12.1 Å². The number of carboxylic acid groups (broad SMARTS) is 1. The number of hydrogen-bond acceptors (Lipinski definition) is 6. The highest BCUT2D eigenvalue weighted by atomic mass is 19.1. The van der Waals surface area contributed by atoms with Gasteiger partial charge in [0.1, 0.15) is 5.82 Å². The average molecular weight is 279 g/mol. The van der Waals surface area contributed by atoms with Crippen molar-refractivity contribution in [3.63, 3.8) is 0 Å². The van der Waals surface area contributed by atoms with Crippen molar-refractivity contribution in [2.75, 3.05) is 0 Å². The first-order chi connectivity index (χ1) is 9.47. The molecule has 8 nitrogen and oxygen atoms in total. The predicted octanol–water partition coefficient (Wildman–Crippen LogP) is 2.01. The van der Waals surface area contributed by atoms with Gasteiger partial charge in [0.2, 0.25) is 5.75 Å². The number of nitrogens with zero attached hydrogens (tertiary/aromatic N) is 3. The fourth-order valence-corrected chi connectivity index (χ4v) is 1.33. The molecule has 0 atom stereocenters. The van der Waals surface area contributed by atoms with Crippen LogP contribution in [0, 0.1) is 15.9 Å². The van der Waals surface area contributed by atoms with Crippen molar-refractivity contribution in [1.29, 1.82) is 0 Å². The van der Waals surface area contributed by atoms with E-state index in [0.717, 1.165) is 30.5 Å². The summed E-state index contributed by atoms with van der Waals surface area (Å²) in [6.45, 7) is 0. The second-order valence-corrected chi connectivity index (χ2v) is 3.50. The first-order valence-electron chi connectivity index (χ1n) is 5.15. The lowest BCUT2D eigenvalue weighted by Crippen LogP contribution is -2.03. The quantitative estimate of drug-likeness (QED) is 0.672. The van der Waals surface area contributed by atoms with Crippen molar-refractivity contribution in [3.05, 3.63) is 52.1 Å². The number of halogens is 1. The lowest BCUT2D eigenvalue weighted by atomic mass is 10.3. The van der Waals surface area contributed by atoms with Gasteiger partial charge in [0.15, 0.2) is 5.69 Å². The van der Waals surface area contributed by atoms with E-state index in [1.165, 1.54) is 0 Å². The number of carboxylic acids is 1. The Hall–Kier alpha value is -3.10. The zero-order valence-electron chi connectivity index (χ0n) is 9.69. The number of rotatable bonds is 4. The van der Waals surface area contributed by atoms with E-state index in [9.17, 15) is 19.3 Å². The molecule has 0 amide bonds. The number of benzene rings is 1. The van der Waals surface area contributed by atoms with Crippen molar-refractivity contribution in [2.45, 2.75) is 0 Å². The molecule has 2 aromatic rings. The first-order valence-corrected chi connectivity index (χ1v) is 5.15. The van der Waals surface area contributed by atoms with Gasteiger partial charge in [-0.2, -0.15) is 4.98 Å². The van der Waals surface area contributed by atoms with Crippen LogP contribution >= 0.6 is 0 Å². The van der Waals surface area contributed by atoms with Crippen LogP contribution in [0.5, 0.6) is 11.8 Å². The number of nitro benzene ring substituents is 1. The Bertz CT molecular complexity index is 692. The van der Waals surface area contributed by atoms with E-state index in [1.54, 1.807) is 0 Å². The van der Waals surface area contributed by atoms with Crippen LogP contribution in [0.4, 0.5) is 10.1 Å². The Kier molecular flexibility index (Phi) is 3.51. The number of carbonyl (C=O) groups is 1. The molecule has 0 fully saturated rings. The number of aromatic nitrogens is 2. The van der Waals surface area contributed by atoms with Crippen molar-refractivity contribution in [1.82, 2.24) is 9.97 Å². The third kappa shape index (κ3) is 2.83. The molecule has 0 saturated carbocycles. The van der Waals surface area contributed by atoms with Crippen LogP contribution < -0.4 is 4.74 Å². The maximum Gasteiger partial charge on any atom is 0.354 e. The topological polar surface area (TPSA) is 115 Å². The highest BCUT2D eigenvalue weighted by Crippen LogP contribution is 2.30. The average Bonchev–Trinajstić information content (AvgIpc) is 2.38. The second-order valence-electron chi connectivity index (χ2n) is 3.50. The molecule has 0 bridgehead atoms. The zero-order valence-corrected chi connectivity index (χ0v) is 9.69. The standard InChI is InChI=1S/C11H6FN3O5/c12-6-1-2-8(15(18)19)9(5-6)20-11-13-4-3-7(14-11)10(16)17/h1-5H,(H,16,17). The lowest BCUT2D eigenvalue weighted by molar-refractivity contribution is -0.385. The van der Waals surface area contributed by atoms with Crippen LogP contribution in [0.3, 0.4) is 0 Å². The molecule has 0 radical (unpaired) electrons. The summed E-state index contributed by atoms with van der Waals surface area (Å²) in [5.74, 6) is -2.48. The summed E-state index contributed by atoms with van der Waals surface area (Å²) in [6.07, 6.45) is 1.11. The maximum atomic E-state index is 13.1. The molecule has 1 heterocycles. The largest absolute Gasteiger partial charge is 0.477 e. The zero-order chi connectivity index (χ0) is 14.7. The molecular formula is C11H6FN3O5. The van der Waals surface area contributed by atoms with E-state index in [-0.39, 0.29) is 5.69 Å². The summed E-state index contributed by atoms with van der Waals surface area (Å²) in [5, 5.41) is 19.5. The molecule has 0 unspecified atom stereocenters. The molecule has 102 valence electrons. The van der Waals surface area contributed by atoms with E-state index in [2.05, 4.69) is 9.97 Å².